The number of carbonyl (C=O) groups is 1. The van der Waals surface area contributed by atoms with Crippen LogP contribution >= 0.6 is 11.3 Å². The number of aromatic nitrogens is 8. The Kier molecular flexibility index (Phi) is 3.94. The van der Waals surface area contributed by atoms with Crippen LogP contribution in [0.5, 0.6) is 0 Å². The zero-order valence-corrected chi connectivity index (χ0v) is 18.7. The van der Waals surface area contributed by atoms with Gasteiger partial charge in [-0.05, 0) is 30.3 Å². The summed E-state index contributed by atoms with van der Waals surface area (Å²) in [5.74, 6) is -0.0180. The van der Waals surface area contributed by atoms with Gasteiger partial charge in [-0.1, -0.05) is 6.92 Å². The van der Waals surface area contributed by atoms with Gasteiger partial charge in [0.1, 0.15) is 21.4 Å². The Hall–Kier alpha value is -4.44. The Balaban J connectivity index is 1.79. The van der Waals surface area contributed by atoms with Crippen molar-refractivity contribution in [3.8, 4) is 0 Å². The molecule has 7 aromatic heterocycles. The molecule has 0 spiro atoms. The van der Waals surface area contributed by atoms with Crippen molar-refractivity contribution in [2.24, 2.45) is 0 Å². The SMILES string of the molecule is CCC(=O)n1c2cncc(c2)c2cnc3[nH]nc(c4nc5c(ccnc5c5ccc1s5)[nH]4)c3c2. The number of aromatic amines is 2. The first-order chi connectivity index (χ1) is 16.7. The van der Waals surface area contributed by atoms with Crippen molar-refractivity contribution in [2.75, 3.05) is 0 Å². The lowest BCUT2D eigenvalue weighted by atomic mass is 10.2. The van der Waals surface area contributed by atoms with E-state index in [2.05, 4.69) is 30.1 Å². The molecule has 0 aliphatic heterocycles. The molecular weight excluding hydrogens is 448 g/mol. The van der Waals surface area contributed by atoms with Gasteiger partial charge >= 0.3 is 0 Å². The molecule has 0 aliphatic carbocycles. The number of nitrogens with one attached hydrogen (secondary N) is 2. The predicted molar refractivity (Wildman–Crippen MR) is 134 cm³/mol. The summed E-state index contributed by atoms with van der Waals surface area (Å²) in [5.41, 5.74) is 5.04. The van der Waals surface area contributed by atoms with Crippen LogP contribution < -0.4 is 0 Å². The molecule has 7 aromatic rings. The molecule has 10 heteroatoms. The lowest BCUT2D eigenvalue weighted by Crippen LogP contribution is -2.09. The standard InChI is InChI=1S/C24H16N8OS/c1-2-18(33)32-14-7-12(9-25-11-14)13-8-15-20(30-31-23(15)27-10-13)24-28-16-5-6-26-22(21(16)29-24)17-3-4-19(32)34-17/h3-11H,2H2,1H3,(H,28,29)(H,27,30,31). The molecule has 0 saturated heterocycles. The first-order valence-corrected chi connectivity index (χ1v) is 11.6. The van der Waals surface area contributed by atoms with Crippen molar-refractivity contribution >= 4 is 81.8 Å². The Morgan fingerprint density at radius 3 is 2.82 bits per heavy atom. The van der Waals surface area contributed by atoms with Gasteiger partial charge in [-0.15, -0.1) is 11.3 Å². The zero-order chi connectivity index (χ0) is 22.8. The highest BCUT2D eigenvalue weighted by atomic mass is 32.1. The molecule has 164 valence electrons. The summed E-state index contributed by atoms with van der Waals surface area (Å²) in [6.45, 7) is 1.86. The quantitative estimate of drug-likeness (QED) is 0.341. The third-order valence-corrected chi connectivity index (χ3v) is 7.03. The molecule has 0 aliphatic rings. The molecule has 0 fully saturated rings. The molecule has 2 N–H and O–H groups in total. The summed E-state index contributed by atoms with van der Waals surface area (Å²) in [6.07, 6.45) is 7.38. The normalized spacial score (nSPS) is 11.9. The second-order valence-corrected chi connectivity index (χ2v) is 9.05. The first kappa shape index (κ1) is 19.1. The van der Waals surface area contributed by atoms with E-state index in [0.29, 0.717) is 28.7 Å². The van der Waals surface area contributed by atoms with Crippen molar-refractivity contribution in [3.05, 3.63) is 55.1 Å². The second-order valence-electron chi connectivity index (χ2n) is 7.99. The summed E-state index contributed by atoms with van der Waals surface area (Å²) in [4.78, 5) is 35.8. The number of nitrogens with zero attached hydrogens (tertiary/aromatic N) is 6. The number of fused-ring (bicyclic) bond motifs is 9. The molecule has 0 radical (unpaired) electrons. The van der Waals surface area contributed by atoms with Crippen molar-refractivity contribution in [3.63, 3.8) is 0 Å². The van der Waals surface area contributed by atoms with Gasteiger partial charge in [-0.25, -0.2) is 9.97 Å². The number of imidazole rings is 1. The maximum absolute atomic E-state index is 13.1. The van der Waals surface area contributed by atoms with Gasteiger partial charge in [0.15, 0.2) is 11.3 Å². The summed E-state index contributed by atoms with van der Waals surface area (Å²) in [5, 5.41) is 10.1. The van der Waals surface area contributed by atoms with Crippen molar-refractivity contribution < 1.29 is 4.79 Å². The first-order valence-electron chi connectivity index (χ1n) is 10.8. The molecule has 7 heterocycles. The largest absolute Gasteiger partial charge is 0.336 e. The highest BCUT2D eigenvalue weighted by Gasteiger charge is 2.12. The number of hydrogen-bond donors (Lipinski definition) is 2. The highest BCUT2D eigenvalue weighted by Crippen LogP contribution is 2.29. The molecular formula is C24H16N8OS. The molecule has 0 saturated carbocycles. The van der Waals surface area contributed by atoms with Crippen LogP contribution in [0.1, 0.15) is 18.1 Å². The van der Waals surface area contributed by atoms with Crippen molar-refractivity contribution in [1.29, 1.82) is 0 Å². The van der Waals surface area contributed by atoms with Gasteiger partial charge in [0.25, 0.3) is 0 Å². The lowest BCUT2D eigenvalue weighted by Gasteiger charge is -2.06. The Labute approximate surface area is 194 Å². The molecule has 8 bridgehead atoms. The lowest BCUT2D eigenvalue weighted by molar-refractivity contribution is 0.0918. The van der Waals surface area contributed by atoms with Crippen LogP contribution in [0.3, 0.4) is 0 Å². The number of hydrogen-bond acceptors (Lipinski definition) is 7. The van der Waals surface area contributed by atoms with Crippen molar-refractivity contribution in [2.45, 2.75) is 13.3 Å². The minimum Gasteiger partial charge on any atom is -0.336 e. The number of H-pyrrole nitrogens is 2. The fraction of sp³-hybridized carbons (Fsp3) is 0.0833. The molecule has 0 unspecified atom stereocenters. The van der Waals surface area contributed by atoms with Crippen molar-refractivity contribution in [1.82, 2.24) is 39.7 Å². The van der Waals surface area contributed by atoms with Crippen LogP contribution in [0.25, 0.3) is 64.6 Å². The Morgan fingerprint density at radius 1 is 1.00 bits per heavy atom. The Bertz CT molecular complexity index is 1990. The predicted octanol–water partition coefficient (Wildman–Crippen LogP) is 5.27. The van der Waals surface area contributed by atoms with E-state index in [1.165, 1.54) is 11.3 Å². The fourth-order valence-electron chi connectivity index (χ4n) is 4.30. The minimum atomic E-state index is -0.0180. The third-order valence-electron chi connectivity index (χ3n) is 5.95. The summed E-state index contributed by atoms with van der Waals surface area (Å²) >= 11 is 1.50. The smallest absolute Gasteiger partial charge is 0.231 e. The van der Waals surface area contributed by atoms with Crippen LogP contribution in [0.2, 0.25) is 0 Å². The van der Waals surface area contributed by atoms with Gasteiger partial charge in [0.2, 0.25) is 5.91 Å². The topological polar surface area (TPSA) is 118 Å². The van der Waals surface area contributed by atoms with E-state index in [1.54, 1.807) is 29.4 Å². The van der Waals surface area contributed by atoms with E-state index in [0.717, 1.165) is 42.2 Å². The molecule has 0 amide bonds. The van der Waals surface area contributed by atoms with Crippen LogP contribution in [0, 0.1) is 0 Å². The molecule has 0 atom stereocenters. The van der Waals surface area contributed by atoms with E-state index in [9.17, 15) is 4.79 Å². The van der Waals surface area contributed by atoms with Gasteiger partial charge < -0.3 is 4.98 Å². The summed E-state index contributed by atoms with van der Waals surface area (Å²) in [7, 11) is 0. The minimum absolute atomic E-state index is 0.0180. The number of pyridine rings is 3. The van der Waals surface area contributed by atoms with Gasteiger partial charge in [-0.2, -0.15) is 5.10 Å². The fourth-order valence-corrected chi connectivity index (χ4v) is 5.35. The van der Waals surface area contributed by atoms with Gasteiger partial charge in [0.05, 0.1) is 27.3 Å². The van der Waals surface area contributed by atoms with Crippen LogP contribution in [-0.2, 0) is 0 Å². The van der Waals surface area contributed by atoms with E-state index < -0.39 is 0 Å². The molecule has 0 aromatic carbocycles. The zero-order valence-electron chi connectivity index (χ0n) is 17.9. The molecule has 34 heavy (non-hydrogen) atoms. The average Bonchev–Trinajstić information content (AvgIpc) is 3.61. The molecule has 9 nitrogen and oxygen atoms in total. The monoisotopic (exact) mass is 464 g/mol. The summed E-state index contributed by atoms with van der Waals surface area (Å²) < 4.78 is 2.64. The van der Waals surface area contributed by atoms with E-state index >= 15 is 0 Å². The summed E-state index contributed by atoms with van der Waals surface area (Å²) in [6, 6.07) is 9.80. The number of thiophene rings is 1. The van der Waals surface area contributed by atoms with E-state index in [1.807, 2.05) is 37.3 Å². The van der Waals surface area contributed by atoms with Crippen LogP contribution in [0.4, 0.5) is 0 Å². The maximum Gasteiger partial charge on any atom is 0.231 e. The average molecular weight is 465 g/mol. The second kappa shape index (κ2) is 7.03. The van der Waals surface area contributed by atoms with Crippen LogP contribution in [-0.4, -0.2) is 45.6 Å². The van der Waals surface area contributed by atoms with Crippen LogP contribution in [0.15, 0.2) is 55.1 Å². The maximum atomic E-state index is 13.1. The van der Waals surface area contributed by atoms with Gasteiger partial charge in [0, 0.05) is 35.8 Å². The number of rotatable bonds is 1. The molecule has 7 rings (SSSR count). The highest BCUT2D eigenvalue weighted by molar-refractivity contribution is 7.24. The van der Waals surface area contributed by atoms with E-state index in [4.69, 9.17) is 4.98 Å². The third kappa shape index (κ3) is 2.72. The van der Waals surface area contributed by atoms with Gasteiger partial charge in [-0.3, -0.25) is 24.4 Å². The Morgan fingerprint density at radius 2 is 1.91 bits per heavy atom. The number of carbonyl (C=O) groups excluding carboxylic acids is 1. The van der Waals surface area contributed by atoms with E-state index in [-0.39, 0.29) is 5.91 Å².